The molecule has 1 unspecified atom stereocenters. The van der Waals surface area contributed by atoms with E-state index in [9.17, 15) is 0 Å². The predicted molar refractivity (Wildman–Crippen MR) is 44.2 cm³/mol. The third-order valence-electron chi connectivity index (χ3n) is 2.21. The second-order valence-electron chi connectivity index (χ2n) is 2.99. The first-order valence-corrected chi connectivity index (χ1v) is 3.54. The van der Waals surface area contributed by atoms with Gasteiger partial charge in [0.1, 0.15) is 0 Å². The van der Waals surface area contributed by atoms with Crippen LogP contribution >= 0.6 is 0 Å². The molecule has 0 aromatic rings. The maximum atomic E-state index is 3.99. The van der Waals surface area contributed by atoms with Crippen LogP contribution in [-0.4, -0.2) is 13.0 Å². The average Bonchev–Trinajstić information content (AvgIpc) is 2.13. The second-order valence-corrected chi connectivity index (χ2v) is 2.99. The van der Waals surface area contributed by atoms with Gasteiger partial charge >= 0.3 is 57.2 Å². The Bertz CT molecular complexity index is 138. The summed E-state index contributed by atoms with van der Waals surface area (Å²) < 4.78 is 0. The summed E-state index contributed by atoms with van der Waals surface area (Å²) in [5, 5.41) is 0. The second kappa shape index (κ2) is 2.51. The summed E-state index contributed by atoms with van der Waals surface area (Å²) in [4.78, 5) is 0. The summed E-state index contributed by atoms with van der Waals surface area (Å²) in [5.74, 6) is 1.44. The fourth-order valence-electron chi connectivity index (χ4n) is 1.42. The monoisotopic (exact) mass is 120 g/mol. The van der Waals surface area contributed by atoms with Crippen molar-refractivity contribution < 1.29 is 0 Å². The molecule has 1 heteroatoms. The molecular formula is C8H13B. The minimum atomic E-state index is 0.715. The normalized spacial score (nSPS) is 34.9. The molecule has 0 bridgehead atoms. The third-order valence-corrected chi connectivity index (χ3v) is 2.21. The molecule has 0 amide bonds. The van der Waals surface area contributed by atoms with Gasteiger partial charge < -0.3 is 0 Å². The molecule has 0 aromatic heterocycles. The topological polar surface area (TPSA) is 0 Å². The molecule has 9 heavy (non-hydrogen) atoms. The zero-order valence-corrected chi connectivity index (χ0v) is 6.06. The van der Waals surface area contributed by atoms with Crippen molar-refractivity contribution in [2.75, 3.05) is 0 Å². The zero-order chi connectivity index (χ0) is 6.85. The van der Waals surface area contributed by atoms with Crippen LogP contribution in [0, 0.1) is 11.8 Å². The predicted octanol–water partition coefficient (Wildman–Crippen LogP) is 1.29. The van der Waals surface area contributed by atoms with Crippen LogP contribution in [-0.2, 0) is 0 Å². The van der Waals surface area contributed by atoms with Gasteiger partial charge in [0.15, 0.2) is 0 Å². The minimum absolute atomic E-state index is 0.715. The SMILES string of the molecule is B=C1C[C@@H](C=C)CC1C. The molecule has 1 fully saturated rings. The fraction of sp³-hybridized carbons (Fsp3) is 0.625. The summed E-state index contributed by atoms with van der Waals surface area (Å²) in [6.07, 6.45) is 4.49. The molecule has 1 aliphatic carbocycles. The molecule has 1 aliphatic rings. The average molecular weight is 120 g/mol. The van der Waals surface area contributed by atoms with Crippen LogP contribution in [0.3, 0.4) is 0 Å². The molecular weight excluding hydrogens is 107 g/mol. The van der Waals surface area contributed by atoms with Gasteiger partial charge in [-0.15, -0.1) is 0 Å². The first kappa shape index (κ1) is 6.79. The van der Waals surface area contributed by atoms with Gasteiger partial charge in [0, 0.05) is 0 Å². The van der Waals surface area contributed by atoms with Crippen LogP contribution in [0.25, 0.3) is 0 Å². The van der Waals surface area contributed by atoms with Gasteiger partial charge in [0.2, 0.25) is 0 Å². The van der Waals surface area contributed by atoms with Crippen LogP contribution in [0.15, 0.2) is 12.7 Å². The van der Waals surface area contributed by atoms with Gasteiger partial charge in [-0.1, -0.05) is 0 Å². The van der Waals surface area contributed by atoms with E-state index in [2.05, 4.69) is 27.1 Å². The summed E-state index contributed by atoms with van der Waals surface area (Å²) >= 11 is 0. The van der Waals surface area contributed by atoms with Gasteiger partial charge in [-0.2, -0.15) is 0 Å². The van der Waals surface area contributed by atoms with E-state index in [0.29, 0.717) is 5.92 Å². The van der Waals surface area contributed by atoms with E-state index < -0.39 is 0 Å². The zero-order valence-electron chi connectivity index (χ0n) is 6.06. The van der Waals surface area contributed by atoms with Crippen LogP contribution < -0.4 is 0 Å². The molecule has 0 saturated heterocycles. The third kappa shape index (κ3) is 1.32. The summed E-state index contributed by atoms with van der Waals surface area (Å²) in [6.45, 7) is 6.01. The molecule has 0 radical (unpaired) electrons. The van der Waals surface area contributed by atoms with Gasteiger partial charge in [0.25, 0.3) is 0 Å². The van der Waals surface area contributed by atoms with Crippen molar-refractivity contribution in [2.45, 2.75) is 19.8 Å². The summed E-state index contributed by atoms with van der Waals surface area (Å²) in [6, 6.07) is 0. The number of hydrogen-bond donors (Lipinski definition) is 0. The summed E-state index contributed by atoms with van der Waals surface area (Å²) in [5.41, 5.74) is 1.40. The first-order valence-electron chi connectivity index (χ1n) is 3.54. The van der Waals surface area contributed by atoms with Gasteiger partial charge in [-0.05, 0) is 0 Å². The van der Waals surface area contributed by atoms with Crippen LogP contribution in [0.2, 0.25) is 0 Å². The Morgan fingerprint density at radius 3 is 2.67 bits per heavy atom. The first-order chi connectivity index (χ1) is 4.24. The number of hydrogen-bond acceptors (Lipinski definition) is 0. The summed E-state index contributed by atoms with van der Waals surface area (Å²) in [7, 11) is 3.99. The quantitative estimate of drug-likeness (QED) is 0.361. The van der Waals surface area contributed by atoms with E-state index in [1.54, 1.807) is 0 Å². The van der Waals surface area contributed by atoms with Crippen LogP contribution in [0.5, 0.6) is 0 Å². The molecule has 0 N–H and O–H groups in total. The molecule has 2 atom stereocenters. The van der Waals surface area contributed by atoms with E-state index in [4.69, 9.17) is 0 Å². The van der Waals surface area contributed by atoms with Gasteiger partial charge in [0.05, 0.1) is 0 Å². The van der Waals surface area contributed by atoms with E-state index in [1.807, 2.05) is 0 Å². The number of allylic oxidation sites excluding steroid dienone is 1. The Hall–Kier alpha value is -0.325. The van der Waals surface area contributed by atoms with E-state index in [0.717, 1.165) is 5.92 Å². The molecule has 0 aromatic carbocycles. The molecule has 48 valence electrons. The standard InChI is InChI=1S/C8H13B/c1-3-7-4-6(2)8(9)5-7/h3,6-7,9H,1,4-5H2,2H3/t6?,7-/m0/s1. The Morgan fingerprint density at radius 1 is 1.78 bits per heavy atom. The van der Waals surface area contributed by atoms with Crippen molar-refractivity contribution in [1.82, 2.24) is 0 Å². The Labute approximate surface area is 58.0 Å². The van der Waals surface area contributed by atoms with E-state index in [1.165, 1.54) is 18.3 Å². The van der Waals surface area contributed by atoms with Crippen molar-refractivity contribution >= 4 is 13.0 Å². The van der Waals surface area contributed by atoms with Crippen LogP contribution in [0.4, 0.5) is 0 Å². The van der Waals surface area contributed by atoms with Crippen LogP contribution in [0.1, 0.15) is 19.8 Å². The molecule has 0 nitrogen and oxygen atoms in total. The van der Waals surface area contributed by atoms with Crippen molar-refractivity contribution in [2.24, 2.45) is 11.8 Å². The van der Waals surface area contributed by atoms with Crippen molar-refractivity contribution in [1.29, 1.82) is 0 Å². The molecule has 1 saturated carbocycles. The van der Waals surface area contributed by atoms with Gasteiger partial charge in [-0.3, -0.25) is 0 Å². The van der Waals surface area contributed by atoms with E-state index >= 15 is 0 Å². The fourth-order valence-corrected chi connectivity index (χ4v) is 1.42. The number of rotatable bonds is 1. The van der Waals surface area contributed by atoms with Crippen molar-refractivity contribution in [3.05, 3.63) is 12.7 Å². The Balaban J connectivity index is 2.53. The molecule has 1 rings (SSSR count). The van der Waals surface area contributed by atoms with Crippen molar-refractivity contribution in [3.8, 4) is 0 Å². The Kier molecular flexibility index (Phi) is 1.89. The van der Waals surface area contributed by atoms with E-state index in [-0.39, 0.29) is 0 Å². The maximum absolute atomic E-state index is 3.99. The van der Waals surface area contributed by atoms with Gasteiger partial charge in [-0.25, -0.2) is 0 Å². The molecule has 0 aliphatic heterocycles. The molecule has 0 heterocycles. The molecule has 0 spiro atoms. The Morgan fingerprint density at radius 2 is 2.44 bits per heavy atom. The van der Waals surface area contributed by atoms with Crippen molar-refractivity contribution in [3.63, 3.8) is 0 Å².